The lowest BCUT2D eigenvalue weighted by molar-refractivity contribution is -0.130. The molecular weight excluding hydrogens is 266 g/mol. The topological polar surface area (TPSA) is 49.8 Å². The van der Waals surface area contributed by atoms with Gasteiger partial charge < -0.3 is 14.7 Å². The zero-order valence-electron chi connectivity index (χ0n) is 12.8. The maximum Gasteiger partial charge on any atom is 0.222 e. The number of hydrogen-bond donors (Lipinski definition) is 1. The monoisotopic (exact) mass is 291 g/mol. The summed E-state index contributed by atoms with van der Waals surface area (Å²) in [5, 5.41) is 8.93. The number of aliphatic hydroxyl groups excluding tert-OH is 1. The van der Waals surface area contributed by atoms with Gasteiger partial charge in [0.2, 0.25) is 5.91 Å². The van der Waals surface area contributed by atoms with Crippen molar-refractivity contribution in [3.05, 3.63) is 29.8 Å². The first-order chi connectivity index (χ1) is 10.2. The molecule has 1 N–H and O–H groups in total. The fourth-order valence-electron chi connectivity index (χ4n) is 2.68. The first-order valence-corrected chi connectivity index (χ1v) is 7.77. The van der Waals surface area contributed by atoms with Gasteiger partial charge in [0, 0.05) is 26.1 Å². The minimum atomic E-state index is 0.211. The lowest BCUT2D eigenvalue weighted by atomic mass is 10.1. The third-order valence-corrected chi connectivity index (χ3v) is 4.00. The number of nitrogens with zero attached hydrogens (tertiary/aromatic N) is 1. The highest BCUT2D eigenvalue weighted by molar-refractivity contribution is 5.76. The molecule has 0 spiro atoms. The molecule has 4 heteroatoms. The summed E-state index contributed by atoms with van der Waals surface area (Å²) in [5.74, 6) is 1.54. The number of rotatable bonds is 7. The van der Waals surface area contributed by atoms with Crippen LogP contribution in [0.2, 0.25) is 0 Å². The van der Waals surface area contributed by atoms with E-state index < -0.39 is 0 Å². The first kappa shape index (κ1) is 15.8. The van der Waals surface area contributed by atoms with Crippen LogP contribution in [-0.4, -0.2) is 42.2 Å². The van der Waals surface area contributed by atoms with Crippen molar-refractivity contribution in [3.63, 3.8) is 0 Å². The van der Waals surface area contributed by atoms with E-state index in [4.69, 9.17) is 9.84 Å². The second-order valence-corrected chi connectivity index (χ2v) is 5.77. The summed E-state index contributed by atoms with van der Waals surface area (Å²) in [5.41, 5.74) is 1.21. The van der Waals surface area contributed by atoms with Crippen molar-refractivity contribution in [2.45, 2.75) is 32.6 Å². The molecule has 0 saturated carbocycles. The Bertz CT molecular complexity index is 444. The molecule has 116 valence electrons. The Balaban J connectivity index is 1.62. The average molecular weight is 291 g/mol. The smallest absolute Gasteiger partial charge is 0.222 e. The molecule has 1 aromatic rings. The molecule has 1 heterocycles. The first-order valence-electron chi connectivity index (χ1n) is 7.77. The summed E-state index contributed by atoms with van der Waals surface area (Å²) in [6.07, 6.45) is 3.11. The second-order valence-electron chi connectivity index (χ2n) is 5.77. The van der Waals surface area contributed by atoms with Crippen molar-refractivity contribution in [1.82, 2.24) is 4.90 Å². The van der Waals surface area contributed by atoms with Crippen molar-refractivity contribution >= 4 is 5.91 Å². The molecule has 1 aliphatic heterocycles. The van der Waals surface area contributed by atoms with Gasteiger partial charge in [-0.1, -0.05) is 17.7 Å². The van der Waals surface area contributed by atoms with Crippen molar-refractivity contribution in [2.75, 3.05) is 26.3 Å². The van der Waals surface area contributed by atoms with Gasteiger partial charge >= 0.3 is 0 Å². The summed E-state index contributed by atoms with van der Waals surface area (Å²) in [4.78, 5) is 14.0. The zero-order chi connectivity index (χ0) is 15.1. The van der Waals surface area contributed by atoms with E-state index in [1.54, 1.807) is 0 Å². The van der Waals surface area contributed by atoms with Gasteiger partial charge in [-0.15, -0.1) is 0 Å². The number of benzene rings is 1. The van der Waals surface area contributed by atoms with Gasteiger partial charge in [-0.3, -0.25) is 4.79 Å². The van der Waals surface area contributed by atoms with E-state index in [9.17, 15) is 4.79 Å². The average Bonchev–Trinajstić information content (AvgIpc) is 2.94. The van der Waals surface area contributed by atoms with Crippen molar-refractivity contribution in [3.8, 4) is 5.75 Å². The van der Waals surface area contributed by atoms with Crippen LogP contribution in [0, 0.1) is 12.8 Å². The van der Waals surface area contributed by atoms with Crippen LogP contribution in [-0.2, 0) is 4.79 Å². The number of carbonyl (C=O) groups is 1. The quantitative estimate of drug-likeness (QED) is 0.785. The Hall–Kier alpha value is -1.55. The minimum absolute atomic E-state index is 0.211. The molecule has 0 radical (unpaired) electrons. The number of amides is 1. The van der Waals surface area contributed by atoms with Gasteiger partial charge in [0.05, 0.1) is 6.61 Å². The van der Waals surface area contributed by atoms with E-state index in [2.05, 4.69) is 0 Å². The van der Waals surface area contributed by atoms with Crippen molar-refractivity contribution in [1.29, 1.82) is 0 Å². The standard InChI is InChI=1S/C17H25NO3/c1-14-4-6-16(7-5-14)21-12-2-3-17(20)18-10-8-15(13-18)9-11-19/h4-7,15,19H,2-3,8-13H2,1H3. The van der Waals surface area contributed by atoms with Crippen LogP contribution in [0.25, 0.3) is 0 Å². The highest BCUT2D eigenvalue weighted by Crippen LogP contribution is 2.20. The summed E-state index contributed by atoms with van der Waals surface area (Å²) in [6.45, 7) is 4.48. The van der Waals surface area contributed by atoms with Crippen LogP contribution in [0.1, 0.15) is 31.2 Å². The van der Waals surface area contributed by atoms with Crippen molar-refractivity contribution in [2.24, 2.45) is 5.92 Å². The Labute approximate surface area is 126 Å². The second kappa shape index (κ2) is 8.03. The summed E-state index contributed by atoms with van der Waals surface area (Å²) < 4.78 is 5.63. The summed E-state index contributed by atoms with van der Waals surface area (Å²) in [6, 6.07) is 7.95. The Morgan fingerprint density at radius 3 is 2.86 bits per heavy atom. The molecular formula is C17H25NO3. The third-order valence-electron chi connectivity index (χ3n) is 4.00. The Kier molecular flexibility index (Phi) is 6.05. The lowest BCUT2D eigenvalue weighted by Gasteiger charge is -2.16. The largest absolute Gasteiger partial charge is 0.494 e. The van der Waals surface area contributed by atoms with Crippen LogP contribution in [0.5, 0.6) is 5.75 Å². The highest BCUT2D eigenvalue weighted by atomic mass is 16.5. The van der Waals surface area contributed by atoms with Crippen LogP contribution in [0.3, 0.4) is 0 Å². The molecule has 21 heavy (non-hydrogen) atoms. The van der Waals surface area contributed by atoms with Crippen LogP contribution in [0.15, 0.2) is 24.3 Å². The molecule has 4 nitrogen and oxygen atoms in total. The molecule has 1 atom stereocenters. The fraction of sp³-hybridized carbons (Fsp3) is 0.588. The number of hydrogen-bond acceptors (Lipinski definition) is 3. The van der Waals surface area contributed by atoms with E-state index in [-0.39, 0.29) is 12.5 Å². The Morgan fingerprint density at radius 1 is 1.38 bits per heavy atom. The van der Waals surface area contributed by atoms with Gasteiger partial charge in [0.25, 0.3) is 0 Å². The van der Waals surface area contributed by atoms with Crippen molar-refractivity contribution < 1.29 is 14.6 Å². The summed E-state index contributed by atoms with van der Waals surface area (Å²) >= 11 is 0. The number of aliphatic hydroxyl groups is 1. The number of ether oxygens (including phenoxy) is 1. The normalized spacial score (nSPS) is 18.0. The lowest BCUT2D eigenvalue weighted by Crippen LogP contribution is -2.28. The molecule has 1 aromatic carbocycles. The molecule has 0 aliphatic carbocycles. The van der Waals surface area contributed by atoms with Crippen LogP contribution in [0.4, 0.5) is 0 Å². The van der Waals surface area contributed by atoms with Gasteiger partial charge in [-0.25, -0.2) is 0 Å². The molecule has 0 bridgehead atoms. The third kappa shape index (κ3) is 5.05. The summed E-state index contributed by atoms with van der Waals surface area (Å²) in [7, 11) is 0. The minimum Gasteiger partial charge on any atom is -0.494 e. The van der Waals surface area contributed by atoms with Gasteiger partial charge in [-0.05, 0) is 44.2 Å². The molecule has 2 rings (SSSR count). The molecule has 1 amide bonds. The SMILES string of the molecule is Cc1ccc(OCCCC(=O)N2CCC(CCO)C2)cc1. The van der Waals surface area contributed by atoms with E-state index >= 15 is 0 Å². The van der Waals surface area contributed by atoms with Gasteiger partial charge in [-0.2, -0.15) is 0 Å². The van der Waals surface area contributed by atoms with Gasteiger partial charge in [0.1, 0.15) is 5.75 Å². The van der Waals surface area contributed by atoms with Crippen LogP contribution < -0.4 is 4.74 Å². The van der Waals surface area contributed by atoms with Gasteiger partial charge in [0.15, 0.2) is 0 Å². The number of likely N-dealkylation sites (tertiary alicyclic amines) is 1. The van der Waals surface area contributed by atoms with E-state index in [0.717, 1.165) is 38.1 Å². The molecule has 1 saturated heterocycles. The molecule has 1 unspecified atom stereocenters. The number of carbonyl (C=O) groups excluding carboxylic acids is 1. The molecule has 1 fully saturated rings. The Morgan fingerprint density at radius 2 is 2.14 bits per heavy atom. The van der Waals surface area contributed by atoms with Crippen LogP contribution >= 0.6 is 0 Å². The zero-order valence-corrected chi connectivity index (χ0v) is 12.8. The predicted octanol–water partition coefficient (Wildman–Crippen LogP) is 2.38. The predicted molar refractivity (Wildman–Crippen MR) is 82.3 cm³/mol. The fourth-order valence-corrected chi connectivity index (χ4v) is 2.68. The molecule has 1 aliphatic rings. The maximum atomic E-state index is 12.1. The highest BCUT2D eigenvalue weighted by Gasteiger charge is 2.25. The van der Waals surface area contributed by atoms with E-state index in [1.165, 1.54) is 5.56 Å². The molecule has 0 aromatic heterocycles. The van der Waals surface area contributed by atoms with E-state index in [0.29, 0.717) is 18.9 Å². The maximum absolute atomic E-state index is 12.1. The number of aryl methyl sites for hydroxylation is 1. The van der Waals surface area contributed by atoms with E-state index in [1.807, 2.05) is 36.1 Å².